The summed E-state index contributed by atoms with van der Waals surface area (Å²) in [7, 11) is 1.64. The molecule has 0 aromatic carbocycles. The number of rotatable bonds is 3. The summed E-state index contributed by atoms with van der Waals surface area (Å²) in [5.74, 6) is 1.11. The predicted octanol–water partition coefficient (Wildman–Crippen LogP) is 2.23. The van der Waals surface area contributed by atoms with E-state index in [1.54, 1.807) is 7.11 Å². The van der Waals surface area contributed by atoms with Crippen LogP contribution in [0.5, 0.6) is 0 Å². The SMILES string of the molecule is CCC(OC)c1nc(C)c(Br)c(N)n1. The number of methoxy groups -OCH3 is 1. The molecule has 4 nitrogen and oxygen atoms in total. The Morgan fingerprint density at radius 2 is 2.14 bits per heavy atom. The summed E-state index contributed by atoms with van der Waals surface area (Å²) in [5, 5.41) is 0. The van der Waals surface area contributed by atoms with Gasteiger partial charge < -0.3 is 10.5 Å². The molecule has 0 radical (unpaired) electrons. The molecule has 14 heavy (non-hydrogen) atoms. The average molecular weight is 260 g/mol. The van der Waals surface area contributed by atoms with E-state index in [2.05, 4.69) is 25.9 Å². The third-order valence-electron chi connectivity index (χ3n) is 2.00. The fourth-order valence-electron chi connectivity index (χ4n) is 1.20. The van der Waals surface area contributed by atoms with Crippen LogP contribution in [0.25, 0.3) is 0 Å². The second kappa shape index (κ2) is 4.70. The Morgan fingerprint density at radius 1 is 1.50 bits per heavy atom. The maximum atomic E-state index is 5.72. The van der Waals surface area contributed by atoms with E-state index in [4.69, 9.17) is 10.5 Å². The van der Waals surface area contributed by atoms with Crippen molar-refractivity contribution in [3.63, 3.8) is 0 Å². The lowest BCUT2D eigenvalue weighted by atomic mass is 10.2. The Morgan fingerprint density at radius 3 is 2.57 bits per heavy atom. The van der Waals surface area contributed by atoms with Gasteiger partial charge in [-0.2, -0.15) is 0 Å². The molecular formula is C9H14BrN3O. The van der Waals surface area contributed by atoms with Crippen molar-refractivity contribution >= 4 is 21.7 Å². The third kappa shape index (κ3) is 2.22. The van der Waals surface area contributed by atoms with Crippen molar-refractivity contribution in [2.24, 2.45) is 0 Å². The molecule has 0 bridgehead atoms. The maximum Gasteiger partial charge on any atom is 0.159 e. The van der Waals surface area contributed by atoms with E-state index in [-0.39, 0.29) is 6.10 Å². The fraction of sp³-hybridized carbons (Fsp3) is 0.556. The van der Waals surface area contributed by atoms with Crippen LogP contribution in [0, 0.1) is 6.92 Å². The lowest BCUT2D eigenvalue weighted by Gasteiger charge is -2.13. The first-order chi connectivity index (χ1) is 6.60. The van der Waals surface area contributed by atoms with Gasteiger partial charge in [-0.05, 0) is 29.3 Å². The van der Waals surface area contributed by atoms with Crippen molar-refractivity contribution in [2.45, 2.75) is 26.4 Å². The zero-order chi connectivity index (χ0) is 10.7. The van der Waals surface area contributed by atoms with Crippen LogP contribution in [0.4, 0.5) is 5.82 Å². The number of aromatic nitrogens is 2. The van der Waals surface area contributed by atoms with Gasteiger partial charge in [-0.15, -0.1) is 0 Å². The molecule has 1 aromatic heterocycles. The molecule has 0 amide bonds. The number of anilines is 1. The Labute approximate surface area is 92.0 Å². The molecule has 0 aliphatic heterocycles. The van der Waals surface area contributed by atoms with Crippen LogP contribution >= 0.6 is 15.9 Å². The van der Waals surface area contributed by atoms with Crippen molar-refractivity contribution in [3.8, 4) is 0 Å². The van der Waals surface area contributed by atoms with Gasteiger partial charge in [-0.25, -0.2) is 9.97 Å². The molecule has 0 aliphatic carbocycles. The van der Waals surface area contributed by atoms with Gasteiger partial charge >= 0.3 is 0 Å². The van der Waals surface area contributed by atoms with Gasteiger partial charge in [0.1, 0.15) is 11.9 Å². The highest BCUT2D eigenvalue weighted by atomic mass is 79.9. The second-order valence-corrected chi connectivity index (χ2v) is 3.79. The van der Waals surface area contributed by atoms with E-state index in [1.165, 1.54) is 0 Å². The predicted molar refractivity (Wildman–Crippen MR) is 58.9 cm³/mol. The van der Waals surface area contributed by atoms with Gasteiger partial charge in [0.25, 0.3) is 0 Å². The van der Waals surface area contributed by atoms with Crippen molar-refractivity contribution in [3.05, 3.63) is 16.0 Å². The average Bonchev–Trinajstić information content (AvgIpc) is 2.16. The maximum absolute atomic E-state index is 5.72. The molecule has 1 unspecified atom stereocenters. The second-order valence-electron chi connectivity index (χ2n) is 3.00. The van der Waals surface area contributed by atoms with Gasteiger partial charge in [0.2, 0.25) is 0 Å². The van der Waals surface area contributed by atoms with E-state index in [1.807, 2.05) is 13.8 Å². The topological polar surface area (TPSA) is 61.0 Å². The van der Waals surface area contributed by atoms with Crippen molar-refractivity contribution < 1.29 is 4.74 Å². The summed E-state index contributed by atoms with van der Waals surface area (Å²) in [4.78, 5) is 8.48. The van der Waals surface area contributed by atoms with Gasteiger partial charge in [0, 0.05) is 7.11 Å². The van der Waals surface area contributed by atoms with Gasteiger partial charge in [0.05, 0.1) is 10.2 Å². The Hall–Kier alpha value is -0.680. The number of hydrogen-bond acceptors (Lipinski definition) is 4. The Balaban J connectivity index is 3.11. The smallest absolute Gasteiger partial charge is 0.159 e. The first-order valence-corrected chi connectivity index (χ1v) is 5.21. The summed E-state index contributed by atoms with van der Waals surface area (Å²) in [6, 6.07) is 0. The summed E-state index contributed by atoms with van der Waals surface area (Å²) in [5.41, 5.74) is 6.55. The number of nitrogen functional groups attached to an aromatic ring is 1. The highest BCUT2D eigenvalue weighted by Crippen LogP contribution is 2.24. The first kappa shape index (κ1) is 11.4. The van der Waals surface area contributed by atoms with Crippen LogP contribution in [0.1, 0.15) is 31.0 Å². The molecule has 78 valence electrons. The molecule has 0 aliphatic rings. The standard InChI is InChI=1S/C9H14BrN3O/c1-4-6(14-3)9-12-5(2)7(10)8(11)13-9/h6H,4H2,1-3H3,(H2,11,12,13). The molecule has 1 aromatic rings. The number of hydrogen-bond donors (Lipinski definition) is 1. The number of aryl methyl sites for hydroxylation is 1. The lowest BCUT2D eigenvalue weighted by molar-refractivity contribution is 0.0925. The summed E-state index contributed by atoms with van der Waals surface area (Å²) in [6.45, 7) is 3.90. The quantitative estimate of drug-likeness (QED) is 0.905. The Bertz CT molecular complexity index is 303. The zero-order valence-electron chi connectivity index (χ0n) is 8.54. The normalized spacial score (nSPS) is 12.9. The van der Waals surface area contributed by atoms with Crippen molar-refractivity contribution in [1.29, 1.82) is 0 Å². The number of nitrogens with two attached hydrogens (primary N) is 1. The highest BCUT2D eigenvalue weighted by molar-refractivity contribution is 9.10. The fourth-order valence-corrected chi connectivity index (χ4v) is 1.38. The Kier molecular flexibility index (Phi) is 3.83. The molecule has 1 heterocycles. The van der Waals surface area contributed by atoms with Crippen LogP contribution in [0.3, 0.4) is 0 Å². The molecule has 1 rings (SSSR count). The minimum atomic E-state index is -0.0795. The van der Waals surface area contributed by atoms with Gasteiger partial charge in [0.15, 0.2) is 5.82 Å². The molecule has 0 fully saturated rings. The zero-order valence-corrected chi connectivity index (χ0v) is 10.1. The molecule has 1 atom stereocenters. The molecule has 0 saturated heterocycles. The number of halogens is 1. The van der Waals surface area contributed by atoms with E-state index in [9.17, 15) is 0 Å². The lowest BCUT2D eigenvalue weighted by Crippen LogP contribution is -2.09. The number of nitrogens with zero attached hydrogens (tertiary/aromatic N) is 2. The molecule has 0 spiro atoms. The van der Waals surface area contributed by atoms with Crippen LogP contribution in [-0.2, 0) is 4.74 Å². The molecule has 0 saturated carbocycles. The summed E-state index contributed by atoms with van der Waals surface area (Å²) < 4.78 is 6.00. The van der Waals surface area contributed by atoms with Gasteiger partial charge in [-0.1, -0.05) is 6.92 Å². The summed E-state index contributed by atoms with van der Waals surface area (Å²) >= 11 is 3.32. The third-order valence-corrected chi connectivity index (χ3v) is 2.98. The monoisotopic (exact) mass is 259 g/mol. The molecular weight excluding hydrogens is 246 g/mol. The van der Waals surface area contributed by atoms with Crippen molar-refractivity contribution in [1.82, 2.24) is 9.97 Å². The van der Waals surface area contributed by atoms with E-state index in [0.717, 1.165) is 16.6 Å². The van der Waals surface area contributed by atoms with Gasteiger partial charge in [-0.3, -0.25) is 0 Å². The van der Waals surface area contributed by atoms with Crippen LogP contribution < -0.4 is 5.73 Å². The first-order valence-electron chi connectivity index (χ1n) is 4.42. The largest absolute Gasteiger partial charge is 0.383 e. The summed E-state index contributed by atoms with van der Waals surface area (Å²) in [6.07, 6.45) is 0.751. The van der Waals surface area contributed by atoms with Crippen LogP contribution in [-0.4, -0.2) is 17.1 Å². The van der Waals surface area contributed by atoms with Crippen LogP contribution in [0.2, 0.25) is 0 Å². The highest BCUT2D eigenvalue weighted by Gasteiger charge is 2.14. The van der Waals surface area contributed by atoms with E-state index in [0.29, 0.717) is 11.6 Å². The van der Waals surface area contributed by atoms with Crippen molar-refractivity contribution in [2.75, 3.05) is 12.8 Å². The minimum Gasteiger partial charge on any atom is -0.383 e. The number of ether oxygens (including phenoxy) is 1. The van der Waals surface area contributed by atoms with E-state index >= 15 is 0 Å². The van der Waals surface area contributed by atoms with Crippen LogP contribution in [0.15, 0.2) is 4.47 Å². The molecule has 5 heteroatoms. The molecule has 2 N–H and O–H groups in total. The minimum absolute atomic E-state index is 0.0795. The van der Waals surface area contributed by atoms with E-state index < -0.39 is 0 Å².